The molecule has 1 aliphatic heterocycles. The number of nitrogens with one attached hydrogen (secondary N) is 1. The third kappa shape index (κ3) is 3.36. The number of methoxy groups -OCH3 is 1. The van der Waals surface area contributed by atoms with Crippen LogP contribution in [0.1, 0.15) is 26.2 Å². The lowest BCUT2D eigenvalue weighted by Gasteiger charge is -2.23. The van der Waals surface area contributed by atoms with Crippen LogP contribution in [0.3, 0.4) is 0 Å². The number of amides is 3. The molecule has 3 fully saturated rings. The van der Waals surface area contributed by atoms with E-state index in [1.165, 1.54) is 6.92 Å². The normalized spacial score (nSPS) is 28.3. The Hall–Kier alpha value is -2.90. The first-order chi connectivity index (χ1) is 13.9. The molecule has 1 aromatic carbocycles. The molecule has 29 heavy (non-hydrogen) atoms. The molecule has 1 heterocycles. The molecule has 0 radical (unpaired) electrons. The third-order valence-electron chi connectivity index (χ3n) is 6.41. The topological polar surface area (TPSA) is 102 Å². The van der Waals surface area contributed by atoms with E-state index in [1.807, 2.05) is 0 Å². The SMILES string of the molecule is COc1ccc(NC(=O)COC(=O)[C@H](C)N2C(=O)[C@H]3[C@@H]4CC[C@@H](C4)[C@@H]3C2=O)cc1. The predicted molar refractivity (Wildman–Crippen MR) is 102 cm³/mol. The summed E-state index contributed by atoms with van der Waals surface area (Å²) in [7, 11) is 1.54. The van der Waals surface area contributed by atoms with E-state index in [4.69, 9.17) is 9.47 Å². The van der Waals surface area contributed by atoms with Crippen molar-refractivity contribution in [2.45, 2.75) is 32.2 Å². The molecule has 1 N–H and O–H groups in total. The van der Waals surface area contributed by atoms with Gasteiger partial charge in [-0.25, -0.2) is 4.79 Å². The minimum atomic E-state index is -1.03. The molecule has 8 heteroatoms. The van der Waals surface area contributed by atoms with Crippen molar-refractivity contribution in [3.63, 3.8) is 0 Å². The first-order valence-corrected chi connectivity index (χ1v) is 9.88. The number of benzene rings is 1. The molecule has 1 saturated heterocycles. The first-order valence-electron chi connectivity index (χ1n) is 9.88. The summed E-state index contributed by atoms with van der Waals surface area (Å²) in [6.45, 7) is 0.978. The smallest absolute Gasteiger partial charge is 0.329 e. The van der Waals surface area contributed by atoms with Gasteiger partial charge in [0.25, 0.3) is 5.91 Å². The van der Waals surface area contributed by atoms with Crippen LogP contribution in [-0.4, -0.2) is 48.3 Å². The number of carbonyl (C=O) groups is 4. The molecule has 0 unspecified atom stereocenters. The number of ether oxygens (including phenoxy) is 2. The van der Waals surface area contributed by atoms with Crippen LogP contribution in [0.4, 0.5) is 5.69 Å². The fourth-order valence-electron chi connectivity index (χ4n) is 5.05. The summed E-state index contributed by atoms with van der Waals surface area (Å²) in [6, 6.07) is 5.68. The largest absolute Gasteiger partial charge is 0.497 e. The van der Waals surface area contributed by atoms with E-state index in [9.17, 15) is 19.2 Å². The highest BCUT2D eigenvalue weighted by molar-refractivity contribution is 6.08. The molecule has 3 amide bonds. The Morgan fingerprint density at radius 2 is 1.69 bits per heavy atom. The van der Waals surface area contributed by atoms with E-state index in [1.54, 1.807) is 31.4 Å². The lowest BCUT2D eigenvalue weighted by Crippen LogP contribution is -2.45. The van der Waals surface area contributed by atoms with Crippen molar-refractivity contribution in [3.05, 3.63) is 24.3 Å². The molecular formula is C21H24N2O6. The highest BCUT2D eigenvalue weighted by Gasteiger charge is 2.62. The van der Waals surface area contributed by atoms with Crippen molar-refractivity contribution >= 4 is 29.4 Å². The highest BCUT2D eigenvalue weighted by Crippen LogP contribution is 2.56. The minimum absolute atomic E-state index is 0.255. The summed E-state index contributed by atoms with van der Waals surface area (Å²) in [5.41, 5.74) is 0.535. The molecule has 2 saturated carbocycles. The monoisotopic (exact) mass is 400 g/mol. The van der Waals surface area contributed by atoms with Gasteiger partial charge in [-0.15, -0.1) is 0 Å². The number of likely N-dealkylation sites (tertiary alicyclic amines) is 1. The van der Waals surface area contributed by atoms with Gasteiger partial charge >= 0.3 is 5.97 Å². The molecular weight excluding hydrogens is 376 g/mol. The summed E-state index contributed by atoms with van der Waals surface area (Å²) in [4.78, 5) is 51.0. The Labute approximate surface area is 168 Å². The number of hydrogen-bond acceptors (Lipinski definition) is 6. The van der Waals surface area contributed by atoms with E-state index in [0.29, 0.717) is 11.4 Å². The van der Waals surface area contributed by atoms with Gasteiger partial charge in [-0.05, 0) is 62.3 Å². The minimum Gasteiger partial charge on any atom is -0.497 e. The van der Waals surface area contributed by atoms with Crippen molar-refractivity contribution in [2.24, 2.45) is 23.7 Å². The summed E-state index contributed by atoms with van der Waals surface area (Å²) >= 11 is 0. The number of hydrogen-bond donors (Lipinski definition) is 1. The van der Waals surface area contributed by atoms with Crippen molar-refractivity contribution in [3.8, 4) is 5.75 Å². The molecule has 4 rings (SSSR count). The number of rotatable bonds is 6. The standard InChI is InChI=1S/C21H24N2O6/c1-11(23-19(25)17-12-3-4-13(9-12)18(17)20(23)26)21(27)29-10-16(24)22-14-5-7-15(28-2)8-6-14/h5-8,11-13,17-18H,3-4,9-10H2,1-2H3,(H,22,24)/t11-,12-,13+,17-,18-/m0/s1. The summed E-state index contributed by atoms with van der Waals surface area (Å²) in [5.74, 6) is -1.20. The zero-order chi connectivity index (χ0) is 20.7. The van der Waals surface area contributed by atoms with Crippen LogP contribution in [0.2, 0.25) is 0 Å². The second-order valence-electron chi connectivity index (χ2n) is 7.99. The van der Waals surface area contributed by atoms with Gasteiger partial charge in [-0.3, -0.25) is 19.3 Å². The van der Waals surface area contributed by atoms with E-state index in [0.717, 1.165) is 24.2 Å². The van der Waals surface area contributed by atoms with E-state index >= 15 is 0 Å². The Morgan fingerprint density at radius 3 is 2.24 bits per heavy atom. The zero-order valence-electron chi connectivity index (χ0n) is 16.4. The maximum Gasteiger partial charge on any atom is 0.329 e. The highest BCUT2D eigenvalue weighted by atomic mass is 16.5. The summed E-state index contributed by atoms with van der Waals surface area (Å²) < 4.78 is 10.1. The predicted octanol–water partition coefficient (Wildman–Crippen LogP) is 1.60. The van der Waals surface area contributed by atoms with E-state index in [2.05, 4.69) is 5.32 Å². The lowest BCUT2D eigenvalue weighted by atomic mass is 9.81. The van der Waals surface area contributed by atoms with Crippen molar-refractivity contribution in [1.29, 1.82) is 0 Å². The second-order valence-corrected chi connectivity index (χ2v) is 7.99. The maximum atomic E-state index is 12.8. The molecule has 0 spiro atoms. The zero-order valence-corrected chi connectivity index (χ0v) is 16.4. The molecule has 5 atom stereocenters. The van der Waals surface area contributed by atoms with E-state index in [-0.39, 0.29) is 35.5 Å². The van der Waals surface area contributed by atoms with E-state index < -0.39 is 24.5 Å². The quantitative estimate of drug-likeness (QED) is 0.575. The van der Waals surface area contributed by atoms with Crippen molar-refractivity contribution in [2.75, 3.05) is 19.0 Å². The van der Waals surface area contributed by atoms with Gasteiger partial charge in [0, 0.05) is 5.69 Å². The van der Waals surface area contributed by atoms with Crippen molar-refractivity contribution in [1.82, 2.24) is 4.90 Å². The number of anilines is 1. The number of carbonyl (C=O) groups excluding carboxylic acids is 4. The van der Waals surface area contributed by atoms with Crippen LogP contribution in [0.25, 0.3) is 0 Å². The molecule has 1 aromatic rings. The lowest BCUT2D eigenvalue weighted by molar-refractivity contribution is -0.159. The average Bonchev–Trinajstić information content (AvgIpc) is 3.40. The van der Waals surface area contributed by atoms with Gasteiger partial charge in [-0.2, -0.15) is 0 Å². The average molecular weight is 400 g/mol. The molecule has 2 aliphatic carbocycles. The van der Waals surface area contributed by atoms with Gasteiger partial charge in [0.05, 0.1) is 18.9 Å². The van der Waals surface area contributed by atoms with Crippen LogP contribution < -0.4 is 10.1 Å². The Bertz CT molecular complexity index is 823. The third-order valence-corrected chi connectivity index (χ3v) is 6.41. The van der Waals surface area contributed by atoms with Crippen LogP contribution >= 0.6 is 0 Å². The van der Waals surface area contributed by atoms with Crippen molar-refractivity contribution < 1.29 is 28.7 Å². The van der Waals surface area contributed by atoms with Gasteiger partial charge in [0.2, 0.25) is 11.8 Å². The number of fused-ring (bicyclic) bond motifs is 5. The number of nitrogens with zero attached hydrogens (tertiary/aromatic N) is 1. The number of imide groups is 1. The maximum absolute atomic E-state index is 12.8. The first kappa shape index (κ1) is 19.4. The molecule has 0 aromatic heterocycles. The summed E-state index contributed by atoms with van der Waals surface area (Å²) in [6.07, 6.45) is 2.89. The van der Waals surface area contributed by atoms with Crippen LogP contribution in [0, 0.1) is 23.7 Å². The number of esters is 1. The molecule has 8 nitrogen and oxygen atoms in total. The Balaban J connectivity index is 1.32. The Kier molecular flexibility index (Phi) is 5.02. The fraction of sp³-hybridized carbons (Fsp3) is 0.524. The van der Waals surface area contributed by atoms with Crippen LogP contribution in [0.15, 0.2) is 24.3 Å². The van der Waals surface area contributed by atoms with Gasteiger partial charge in [0.15, 0.2) is 6.61 Å². The molecule has 154 valence electrons. The second kappa shape index (κ2) is 7.50. The summed E-state index contributed by atoms with van der Waals surface area (Å²) in [5, 5.41) is 2.61. The molecule has 2 bridgehead atoms. The van der Waals surface area contributed by atoms with Gasteiger partial charge < -0.3 is 14.8 Å². The van der Waals surface area contributed by atoms with Crippen LogP contribution in [0.5, 0.6) is 5.75 Å². The fourth-order valence-corrected chi connectivity index (χ4v) is 5.05. The molecule has 3 aliphatic rings. The van der Waals surface area contributed by atoms with Gasteiger partial charge in [-0.1, -0.05) is 0 Å². The van der Waals surface area contributed by atoms with Crippen LogP contribution in [-0.2, 0) is 23.9 Å². The van der Waals surface area contributed by atoms with Gasteiger partial charge in [0.1, 0.15) is 11.8 Å². The Morgan fingerprint density at radius 1 is 1.10 bits per heavy atom.